The van der Waals surface area contributed by atoms with Gasteiger partial charge in [-0.05, 0) is 30.5 Å². The highest BCUT2D eigenvalue weighted by atomic mass is 35.5. The third-order valence-electron chi connectivity index (χ3n) is 4.19. The Balaban J connectivity index is 1.59. The van der Waals surface area contributed by atoms with Gasteiger partial charge in [0.2, 0.25) is 5.91 Å². The Bertz CT molecular complexity index is 483. The summed E-state index contributed by atoms with van der Waals surface area (Å²) in [5, 5.41) is 0.766. The molecule has 1 saturated heterocycles. The van der Waals surface area contributed by atoms with E-state index in [1.165, 1.54) is 0 Å². The summed E-state index contributed by atoms with van der Waals surface area (Å²) in [4.78, 5) is 16.5. The minimum Gasteiger partial charge on any atom is -0.368 e. The number of benzene rings is 1. The number of anilines is 1. The van der Waals surface area contributed by atoms with Gasteiger partial charge in [-0.2, -0.15) is 0 Å². The molecule has 0 N–H and O–H groups in total. The van der Waals surface area contributed by atoms with Crippen LogP contribution in [0.4, 0.5) is 5.69 Å². The molecule has 19 heavy (non-hydrogen) atoms. The zero-order valence-corrected chi connectivity index (χ0v) is 11.9. The Morgan fingerprint density at radius 1 is 1.26 bits per heavy atom. The van der Waals surface area contributed by atoms with Crippen LogP contribution < -0.4 is 4.90 Å². The summed E-state index contributed by atoms with van der Waals surface area (Å²) >= 11 is 6.02. The molecule has 2 fully saturated rings. The zero-order chi connectivity index (χ0) is 13.4. The average molecular weight is 279 g/mol. The SMILES string of the molecule is C[C@H]1C[C@@H]1C(=O)N1CCN(c2cccc(Cl)c2)CC1. The van der Waals surface area contributed by atoms with Gasteiger partial charge in [-0.3, -0.25) is 4.79 Å². The first-order valence-corrected chi connectivity index (χ1v) is 7.32. The van der Waals surface area contributed by atoms with Crippen LogP contribution in [0.1, 0.15) is 13.3 Å². The Kier molecular flexibility index (Phi) is 3.40. The van der Waals surface area contributed by atoms with E-state index >= 15 is 0 Å². The number of halogens is 1. The number of hydrogen-bond donors (Lipinski definition) is 0. The van der Waals surface area contributed by atoms with E-state index in [0.717, 1.165) is 43.3 Å². The molecule has 3 rings (SSSR count). The molecule has 0 bridgehead atoms. The molecule has 0 aromatic heterocycles. The molecule has 2 atom stereocenters. The van der Waals surface area contributed by atoms with E-state index in [1.807, 2.05) is 23.1 Å². The molecule has 0 unspecified atom stereocenters. The van der Waals surface area contributed by atoms with Crippen LogP contribution in [0.3, 0.4) is 0 Å². The molecule has 2 aliphatic rings. The van der Waals surface area contributed by atoms with Crippen molar-refractivity contribution in [3.8, 4) is 0 Å². The van der Waals surface area contributed by atoms with Crippen LogP contribution in [-0.2, 0) is 4.79 Å². The van der Waals surface area contributed by atoms with Crippen LogP contribution in [0, 0.1) is 11.8 Å². The number of nitrogens with zero attached hydrogens (tertiary/aromatic N) is 2. The van der Waals surface area contributed by atoms with Crippen molar-refractivity contribution in [1.82, 2.24) is 4.90 Å². The van der Waals surface area contributed by atoms with Crippen molar-refractivity contribution in [3.05, 3.63) is 29.3 Å². The molecular formula is C15H19ClN2O. The standard InChI is InChI=1S/C15H19ClN2O/c1-11-9-14(11)15(19)18-7-5-17(6-8-18)13-4-2-3-12(16)10-13/h2-4,10-11,14H,5-9H2,1H3/t11-,14-/m0/s1. The van der Waals surface area contributed by atoms with Gasteiger partial charge in [0.25, 0.3) is 0 Å². The van der Waals surface area contributed by atoms with Crippen molar-refractivity contribution in [3.63, 3.8) is 0 Å². The van der Waals surface area contributed by atoms with E-state index < -0.39 is 0 Å². The third kappa shape index (κ3) is 2.71. The number of piperazine rings is 1. The first-order chi connectivity index (χ1) is 9.15. The Morgan fingerprint density at radius 2 is 1.95 bits per heavy atom. The predicted molar refractivity (Wildman–Crippen MR) is 77.5 cm³/mol. The number of hydrogen-bond acceptors (Lipinski definition) is 2. The fraction of sp³-hybridized carbons (Fsp3) is 0.533. The lowest BCUT2D eigenvalue weighted by molar-refractivity contribution is -0.133. The molecular weight excluding hydrogens is 260 g/mol. The van der Waals surface area contributed by atoms with Crippen LogP contribution in [0.25, 0.3) is 0 Å². The number of rotatable bonds is 2. The van der Waals surface area contributed by atoms with Crippen molar-refractivity contribution < 1.29 is 4.79 Å². The third-order valence-corrected chi connectivity index (χ3v) is 4.43. The van der Waals surface area contributed by atoms with Crippen LogP contribution >= 0.6 is 11.6 Å². The summed E-state index contributed by atoms with van der Waals surface area (Å²) in [5.74, 6) is 1.26. The van der Waals surface area contributed by atoms with Crippen molar-refractivity contribution in [2.45, 2.75) is 13.3 Å². The molecule has 4 heteroatoms. The maximum absolute atomic E-state index is 12.2. The zero-order valence-electron chi connectivity index (χ0n) is 11.2. The van der Waals surface area contributed by atoms with E-state index in [9.17, 15) is 4.79 Å². The van der Waals surface area contributed by atoms with Crippen molar-refractivity contribution in [2.24, 2.45) is 11.8 Å². The summed E-state index contributed by atoms with van der Waals surface area (Å²) in [6.07, 6.45) is 1.08. The number of carbonyl (C=O) groups excluding carboxylic acids is 1. The predicted octanol–water partition coefficient (Wildman–Crippen LogP) is 2.64. The van der Waals surface area contributed by atoms with E-state index in [-0.39, 0.29) is 0 Å². The first-order valence-electron chi connectivity index (χ1n) is 6.94. The molecule has 1 amide bonds. The van der Waals surface area contributed by atoms with Crippen molar-refractivity contribution >= 4 is 23.2 Å². The molecule has 3 nitrogen and oxygen atoms in total. The van der Waals surface area contributed by atoms with Gasteiger partial charge in [0, 0.05) is 42.8 Å². The van der Waals surface area contributed by atoms with E-state index in [1.54, 1.807) is 0 Å². The molecule has 1 aromatic rings. The fourth-order valence-corrected chi connectivity index (χ4v) is 2.94. The monoisotopic (exact) mass is 278 g/mol. The molecule has 1 aliphatic carbocycles. The van der Waals surface area contributed by atoms with Crippen LogP contribution in [0.2, 0.25) is 5.02 Å². The first kappa shape index (κ1) is 12.8. The maximum atomic E-state index is 12.2. The molecule has 1 saturated carbocycles. The lowest BCUT2D eigenvalue weighted by Gasteiger charge is -2.36. The minimum absolute atomic E-state index is 0.303. The second-order valence-corrected chi connectivity index (χ2v) is 6.05. The van der Waals surface area contributed by atoms with Crippen LogP contribution in [-0.4, -0.2) is 37.0 Å². The second-order valence-electron chi connectivity index (χ2n) is 5.61. The Hall–Kier alpha value is -1.22. The maximum Gasteiger partial charge on any atom is 0.226 e. The van der Waals surface area contributed by atoms with Gasteiger partial charge in [-0.1, -0.05) is 24.6 Å². The van der Waals surface area contributed by atoms with Gasteiger partial charge in [-0.25, -0.2) is 0 Å². The van der Waals surface area contributed by atoms with Gasteiger partial charge < -0.3 is 9.80 Å². The smallest absolute Gasteiger partial charge is 0.226 e. The molecule has 1 aromatic carbocycles. The molecule has 1 heterocycles. The summed E-state index contributed by atoms with van der Waals surface area (Å²) in [7, 11) is 0. The topological polar surface area (TPSA) is 23.6 Å². The van der Waals surface area contributed by atoms with Gasteiger partial charge in [-0.15, -0.1) is 0 Å². The summed E-state index contributed by atoms with van der Waals surface area (Å²) in [6.45, 7) is 5.61. The highest BCUT2D eigenvalue weighted by Gasteiger charge is 2.41. The van der Waals surface area contributed by atoms with Gasteiger partial charge >= 0.3 is 0 Å². The molecule has 1 aliphatic heterocycles. The highest BCUT2D eigenvalue weighted by Crippen LogP contribution is 2.39. The lowest BCUT2D eigenvalue weighted by atomic mass is 10.2. The number of carbonyl (C=O) groups is 1. The normalized spacial score (nSPS) is 26.4. The quantitative estimate of drug-likeness (QED) is 0.830. The Morgan fingerprint density at radius 3 is 2.53 bits per heavy atom. The Labute approximate surface area is 119 Å². The summed E-state index contributed by atoms with van der Waals surface area (Å²) in [6, 6.07) is 7.93. The van der Waals surface area contributed by atoms with Crippen LogP contribution in [0.5, 0.6) is 0 Å². The van der Waals surface area contributed by atoms with Crippen molar-refractivity contribution in [1.29, 1.82) is 0 Å². The molecule has 0 spiro atoms. The van der Waals surface area contributed by atoms with Gasteiger partial charge in [0.1, 0.15) is 0 Å². The largest absolute Gasteiger partial charge is 0.368 e. The fourth-order valence-electron chi connectivity index (χ4n) is 2.76. The van der Waals surface area contributed by atoms with Gasteiger partial charge in [0.15, 0.2) is 0 Å². The molecule has 102 valence electrons. The minimum atomic E-state index is 0.303. The van der Waals surface area contributed by atoms with Crippen molar-refractivity contribution in [2.75, 3.05) is 31.1 Å². The summed E-state index contributed by atoms with van der Waals surface area (Å²) < 4.78 is 0. The number of amides is 1. The van der Waals surface area contributed by atoms with E-state index in [4.69, 9.17) is 11.6 Å². The molecule has 0 radical (unpaired) electrons. The summed E-state index contributed by atoms with van der Waals surface area (Å²) in [5.41, 5.74) is 1.15. The van der Waals surface area contributed by atoms with Crippen LogP contribution in [0.15, 0.2) is 24.3 Å². The highest BCUT2D eigenvalue weighted by molar-refractivity contribution is 6.30. The van der Waals surface area contributed by atoms with E-state index in [0.29, 0.717) is 17.7 Å². The average Bonchev–Trinajstić information content (AvgIpc) is 3.15. The van der Waals surface area contributed by atoms with Gasteiger partial charge in [0.05, 0.1) is 0 Å². The van der Waals surface area contributed by atoms with E-state index in [2.05, 4.69) is 17.9 Å². The lowest BCUT2D eigenvalue weighted by Crippen LogP contribution is -2.49. The second kappa shape index (κ2) is 5.04.